The summed E-state index contributed by atoms with van der Waals surface area (Å²) in [7, 11) is -0.635. The molecule has 0 aliphatic rings. The highest BCUT2D eigenvalue weighted by atomic mass is 79.9. The van der Waals surface area contributed by atoms with Gasteiger partial charge < -0.3 is 10.6 Å². The summed E-state index contributed by atoms with van der Waals surface area (Å²) in [5, 5.41) is 0. The van der Waals surface area contributed by atoms with Crippen LogP contribution < -0.4 is 10.5 Å². The van der Waals surface area contributed by atoms with E-state index in [1.54, 1.807) is 14.1 Å². The Balaban J connectivity index is 2.99. The quantitative estimate of drug-likeness (QED) is 0.785. The number of sulfonamides is 1. The third-order valence-electron chi connectivity index (χ3n) is 2.43. The minimum Gasteiger partial charge on any atom is -0.398 e. The molecule has 6 nitrogen and oxygen atoms in total. The summed E-state index contributed by atoms with van der Waals surface area (Å²) < 4.78 is 27.0. The molecular formula is C11H16BrN3O3S. The summed E-state index contributed by atoms with van der Waals surface area (Å²) in [6.07, 6.45) is 0. The lowest BCUT2D eigenvalue weighted by molar-refractivity contribution is -0.130. The number of likely N-dealkylation sites (N-methyl/N-ethyl adjacent to an activating group) is 1. The summed E-state index contributed by atoms with van der Waals surface area (Å²) in [4.78, 5) is 13.0. The zero-order valence-electron chi connectivity index (χ0n) is 10.8. The molecule has 0 spiro atoms. The highest BCUT2D eigenvalue weighted by molar-refractivity contribution is 9.10. The van der Waals surface area contributed by atoms with Gasteiger partial charge in [-0.1, -0.05) is 0 Å². The smallest absolute Gasteiger partial charge is 0.241 e. The molecule has 3 N–H and O–H groups in total. The predicted octanol–water partition coefficient (Wildman–Crippen LogP) is 0.786. The number of nitrogens with two attached hydrogens (primary N) is 1. The summed E-state index contributed by atoms with van der Waals surface area (Å²) in [6.45, 7) is 1.49. The van der Waals surface area contributed by atoms with Gasteiger partial charge in [0.15, 0.2) is 0 Å². The summed E-state index contributed by atoms with van der Waals surface area (Å²) in [5.74, 6) is -0.321. The van der Waals surface area contributed by atoms with Crippen molar-refractivity contribution >= 4 is 37.5 Å². The second-order valence-corrected chi connectivity index (χ2v) is 6.83. The van der Waals surface area contributed by atoms with Crippen molar-refractivity contribution < 1.29 is 13.2 Å². The van der Waals surface area contributed by atoms with E-state index in [2.05, 4.69) is 20.7 Å². The minimum absolute atomic E-state index is 0.0481. The molecule has 0 heterocycles. The zero-order valence-corrected chi connectivity index (χ0v) is 13.2. The van der Waals surface area contributed by atoms with Gasteiger partial charge in [0.2, 0.25) is 15.9 Å². The van der Waals surface area contributed by atoms with Crippen LogP contribution in [-0.4, -0.2) is 39.4 Å². The van der Waals surface area contributed by atoms with Gasteiger partial charge in [0.1, 0.15) is 0 Å². The Bertz CT molecular complexity index is 587. The van der Waals surface area contributed by atoms with Crippen LogP contribution in [0, 0.1) is 0 Å². The summed E-state index contributed by atoms with van der Waals surface area (Å²) in [5.41, 5.74) is 6.04. The number of benzene rings is 1. The second kappa shape index (κ2) is 5.89. The fourth-order valence-corrected chi connectivity index (χ4v) is 3.17. The number of halogens is 1. The molecule has 1 atom stereocenters. The Hall–Kier alpha value is -1.12. The van der Waals surface area contributed by atoms with E-state index >= 15 is 0 Å². The third-order valence-corrected chi connectivity index (χ3v) is 4.65. The Kier molecular flexibility index (Phi) is 4.94. The Morgan fingerprint density at radius 3 is 2.47 bits per heavy atom. The monoisotopic (exact) mass is 349 g/mol. The average Bonchev–Trinajstić information content (AvgIpc) is 2.30. The molecule has 1 rings (SSSR count). The molecule has 19 heavy (non-hydrogen) atoms. The lowest BCUT2D eigenvalue weighted by atomic mass is 10.3. The van der Waals surface area contributed by atoms with E-state index in [1.165, 1.54) is 30.0 Å². The zero-order chi connectivity index (χ0) is 14.8. The number of nitrogen functional groups attached to an aromatic ring is 1. The largest absolute Gasteiger partial charge is 0.398 e. The van der Waals surface area contributed by atoms with Crippen molar-refractivity contribution in [3.63, 3.8) is 0 Å². The van der Waals surface area contributed by atoms with E-state index in [4.69, 9.17) is 5.73 Å². The van der Waals surface area contributed by atoms with Crippen LogP contribution in [0.15, 0.2) is 27.6 Å². The van der Waals surface area contributed by atoms with Crippen molar-refractivity contribution in [2.75, 3.05) is 19.8 Å². The van der Waals surface area contributed by atoms with E-state index < -0.39 is 16.1 Å². The average molecular weight is 350 g/mol. The van der Waals surface area contributed by atoms with Crippen LogP contribution >= 0.6 is 15.9 Å². The number of nitrogens with one attached hydrogen (secondary N) is 1. The number of hydrogen-bond acceptors (Lipinski definition) is 4. The molecule has 0 saturated carbocycles. The van der Waals surface area contributed by atoms with E-state index in [-0.39, 0.29) is 10.8 Å². The maximum Gasteiger partial charge on any atom is 0.241 e. The van der Waals surface area contributed by atoms with Crippen LogP contribution in [0.2, 0.25) is 0 Å². The Labute approximate surface area is 121 Å². The Morgan fingerprint density at radius 2 is 2.00 bits per heavy atom. The van der Waals surface area contributed by atoms with Crippen LogP contribution in [0.25, 0.3) is 0 Å². The van der Waals surface area contributed by atoms with Gasteiger partial charge in [-0.05, 0) is 41.1 Å². The molecule has 1 amide bonds. The first-order valence-corrected chi connectivity index (χ1v) is 7.71. The van der Waals surface area contributed by atoms with Crippen molar-refractivity contribution in [2.45, 2.75) is 17.9 Å². The molecule has 1 aromatic rings. The number of carbonyl (C=O) groups is 1. The lowest BCUT2D eigenvalue weighted by Crippen LogP contribution is -2.44. The van der Waals surface area contributed by atoms with Crippen molar-refractivity contribution in [3.05, 3.63) is 22.7 Å². The summed E-state index contributed by atoms with van der Waals surface area (Å²) in [6, 6.07) is 3.42. The molecule has 0 aromatic heterocycles. The highest BCUT2D eigenvalue weighted by Crippen LogP contribution is 2.23. The van der Waals surface area contributed by atoms with Crippen LogP contribution in [0.5, 0.6) is 0 Å². The fraction of sp³-hybridized carbons (Fsp3) is 0.364. The van der Waals surface area contributed by atoms with Crippen molar-refractivity contribution in [2.24, 2.45) is 0 Å². The first-order chi connectivity index (χ1) is 8.65. The molecule has 0 aliphatic carbocycles. The maximum absolute atomic E-state index is 12.1. The van der Waals surface area contributed by atoms with E-state index in [0.29, 0.717) is 10.2 Å². The fourth-order valence-electron chi connectivity index (χ4n) is 1.41. The molecule has 0 fully saturated rings. The predicted molar refractivity (Wildman–Crippen MR) is 77.0 cm³/mol. The van der Waals surface area contributed by atoms with Gasteiger partial charge in [-0.25, -0.2) is 8.42 Å². The van der Waals surface area contributed by atoms with Gasteiger partial charge >= 0.3 is 0 Å². The van der Waals surface area contributed by atoms with Crippen molar-refractivity contribution in [1.29, 1.82) is 0 Å². The first kappa shape index (κ1) is 15.9. The molecule has 1 unspecified atom stereocenters. The van der Waals surface area contributed by atoms with Crippen molar-refractivity contribution in [3.8, 4) is 0 Å². The van der Waals surface area contributed by atoms with Crippen LogP contribution in [0.3, 0.4) is 0 Å². The topological polar surface area (TPSA) is 92.5 Å². The Morgan fingerprint density at radius 1 is 1.42 bits per heavy atom. The van der Waals surface area contributed by atoms with Crippen molar-refractivity contribution in [1.82, 2.24) is 9.62 Å². The van der Waals surface area contributed by atoms with E-state index in [0.717, 1.165) is 0 Å². The molecule has 106 valence electrons. The number of hydrogen-bond donors (Lipinski definition) is 2. The minimum atomic E-state index is -3.76. The van der Waals surface area contributed by atoms with E-state index in [9.17, 15) is 13.2 Å². The molecule has 8 heteroatoms. The first-order valence-electron chi connectivity index (χ1n) is 5.43. The van der Waals surface area contributed by atoms with Crippen LogP contribution in [0.1, 0.15) is 6.92 Å². The molecule has 0 radical (unpaired) electrons. The van der Waals surface area contributed by atoms with Gasteiger partial charge in [-0.2, -0.15) is 4.72 Å². The second-order valence-electron chi connectivity index (χ2n) is 4.26. The maximum atomic E-state index is 12.1. The normalized spacial score (nSPS) is 13.1. The number of anilines is 1. The van der Waals surface area contributed by atoms with Gasteiger partial charge in [0, 0.05) is 24.3 Å². The number of rotatable bonds is 4. The van der Waals surface area contributed by atoms with Gasteiger partial charge in [-0.3, -0.25) is 4.79 Å². The SMILES string of the molecule is CC(NS(=O)(=O)c1ccc(N)c(Br)c1)C(=O)N(C)C. The molecule has 0 aliphatic heterocycles. The highest BCUT2D eigenvalue weighted by Gasteiger charge is 2.23. The van der Waals surface area contributed by atoms with E-state index in [1.807, 2.05) is 0 Å². The molecular weight excluding hydrogens is 334 g/mol. The number of carbonyl (C=O) groups excluding carboxylic acids is 1. The van der Waals surface area contributed by atoms with Crippen LogP contribution in [0.4, 0.5) is 5.69 Å². The number of amides is 1. The van der Waals surface area contributed by atoms with Gasteiger partial charge in [-0.15, -0.1) is 0 Å². The number of nitrogens with zero attached hydrogens (tertiary/aromatic N) is 1. The molecule has 1 aromatic carbocycles. The van der Waals surface area contributed by atoms with Gasteiger partial charge in [0.25, 0.3) is 0 Å². The van der Waals surface area contributed by atoms with Gasteiger partial charge in [0.05, 0.1) is 10.9 Å². The third kappa shape index (κ3) is 3.92. The molecule has 0 saturated heterocycles. The molecule has 0 bridgehead atoms. The standard InChI is InChI=1S/C11H16BrN3O3S/c1-7(11(16)15(2)3)14-19(17,18)8-4-5-10(13)9(12)6-8/h4-7,14H,13H2,1-3H3. The lowest BCUT2D eigenvalue weighted by Gasteiger charge is -2.18. The van der Waals surface area contributed by atoms with Crippen LogP contribution in [-0.2, 0) is 14.8 Å². The summed E-state index contributed by atoms with van der Waals surface area (Å²) >= 11 is 3.16.